The van der Waals surface area contributed by atoms with Gasteiger partial charge in [-0.2, -0.15) is 0 Å². The molecule has 0 bridgehead atoms. The van der Waals surface area contributed by atoms with Gasteiger partial charge in [-0.05, 0) is 35.9 Å². The average Bonchev–Trinajstić information content (AvgIpc) is 3.26. The van der Waals surface area contributed by atoms with Crippen molar-refractivity contribution in [3.8, 4) is 22.6 Å². The maximum Gasteiger partial charge on any atom is 0.352 e. The van der Waals surface area contributed by atoms with Gasteiger partial charge < -0.3 is 19.6 Å². The molecule has 0 amide bonds. The lowest BCUT2D eigenvalue weighted by molar-refractivity contribution is 0.0690. The number of nitrogens with zero attached hydrogens (tertiary/aromatic N) is 1. The van der Waals surface area contributed by atoms with Crippen LogP contribution in [0.25, 0.3) is 32.8 Å². The zero-order valence-electron chi connectivity index (χ0n) is 18.7. The maximum absolute atomic E-state index is 12.1. The molecule has 170 valence electrons. The summed E-state index contributed by atoms with van der Waals surface area (Å²) in [6, 6.07) is 21.7. The van der Waals surface area contributed by atoms with Crippen molar-refractivity contribution in [3.63, 3.8) is 0 Å². The van der Waals surface area contributed by atoms with Gasteiger partial charge in [0.1, 0.15) is 17.2 Å². The highest BCUT2D eigenvalue weighted by atomic mass is 16.5. The largest absolute Gasteiger partial charge is 0.496 e. The third-order valence-electron chi connectivity index (χ3n) is 6.02. The molecule has 2 N–H and O–H groups in total. The molecule has 6 nitrogen and oxygen atoms in total. The van der Waals surface area contributed by atoms with Gasteiger partial charge in [0.05, 0.1) is 19.2 Å². The first-order valence-electron chi connectivity index (χ1n) is 11.1. The van der Waals surface area contributed by atoms with Crippen LogP contribution >= 0.6 is 0 Å². The van der Waals surface area contributed by atoms with Gasteiger partial charge in [0.25, 0.3) is 0 Å². The number of rotatable bonds is 8. The number of aryl methyl sites for hydroxylation is 1. The summed E-state index contributed by atoms with van der Waals surface area (Å²) in [5.41, 5.74) is 3.39. The van der Waals surface area contributed by atoms with Crippen LogP contribution in [0.4, 0.5) is 0 Å². The molecular weight excluding hydrogens is 428 g/mol. The summed E-state index contributed by atoms with van der Waals surface area (Å²) < 4.78 is 11.6. The Morgan fingerprint density at radius 3 is 2.59 bits per heavy atom. The summed E-state index contributed by atoms with van der Waals surface area (Å²) in [5, 5.41) is 13.0. The highest BCUT2D eigenvalue weighted by molar-refractivity contribution is 6.03. The molecule has 3 aromatic carbocycles. The number of hydrogen-bond acceptors (Lipinski definition) is 4. The Kier molecular flexibility index (Phi) is 5.87. The first kappa shape index (κ1) is 21.5. The molecule has 34 heavy (non-hydrogen) atoms. The van der Waals surface area contributed by atoms with Crippen molar-refractivity contribution in [2.75, 3.05) is 13.7 Å². The molecule has 0 saturated heterocycles. The van der Waals surface area contributed by atoms with E-state index in [0.29, 0.717) is 25.2 Å². The third kappa shape index (κ3) is 3.94. The number of ether oxygens (including phenoxy) is 2. The normalized spacial score (nSPS) is 11.1. The number of carboxylic acid groups (broad SMARTS) is 1. The van der Waals surface area contributed by atoms with Crippen LogP contribution in [0.1, 0.15) is 22.5 Å². The maximum atomic E-state index is 12.1. The molecule has 6 heteroatoms. The molecule has 0 saturated carbocycles. The molecule has 0 radical (unpaired) electrons. The fourth-order valence-corrected chi connectivity index (χ4v) is 4.45. The standard InChI is InChI=1S/C28H24N2O4/c1-33-24-14-15-29-17-23(24)22-11-5-10-20-21(27(28(31)32)30-26(20)22)12-6-16-34-25-13-4-8-18-7-2-3-9-19(18)25/h2-5,7-11,13-15,17,30H,6,12,16H2,1H3,(H,31,32). The van der Waals surface area contributed by atoms with Gasteiger partial charge in [0, 0.05) is 34.3 Å². The van der Waals surface area contributed by atoms with Gasteiger partial charge >= 0.3 is 5.97 Å². The van der Waals surface area contributed by atoms with Crippen LogP contribution < -0.4 is 9.47 Å². The van der Waals surface area contributed by atoms with Crippen molar-refractivity contribution in [2.45, 2.75) is 12.8 Å². The highest BCUT2D eigenvalue weighted by Gasteiger charge is 2.20. The van der Waals surface area contributed by atoms with Crippen LogP contribution in [-0.4, -0.2) is 34.8 Å². The van der Waals surface area contributed by atoms with E-state index in [1.54, 1.807) is 25.6 Å². The lowest BCUT2D eigenvalue weighted by Crippen LogP contribution is -2.04. The SMILES string of the molecule is COc1ccncc1-c1cccc2c(CCCOc3cccc4ccccc34)c(C(=O)O)[nH]c12. The number of aromatic carboxylic acids is 1. The smallest absolute Gasteiger partial charge is 0.352 e. The number of H-pyrrole nitrogens is 1. The number of aromatic nitrogens is 2. The number of carbonyl (C=O) groups is 1. The van der Waals surface area contributed by atoms with Crippen molar-refractivity contribution in [1.82, 2.24) is 9.97 Å². The Morgan fingerprint density at radius 2 is 1.74 bits per heavy atom. The lowest BCUT2D eigenvalue weighted by atomic mass is 10.00. The molecule has 5 rings (SSSR count). The first-order valence-corrected chi connectivity index (χ1v) is 11.1. The molecule has 0 aliphatic heterocycles. The van der Waals surface area contributed by atoms with Crippen LogP contribution in [0.2, 0.25) is 0 Å². The summed E-state index contributed by atoms with van der Waals surface area (Å²) in [4.78, 5) is 19.4. The monoisotopic (exact) mass is 452 g/mol. The quantitative estimate of drug-likeness (QED) is 0.278. The van der Waals surface area contributed by atoms with E-state index in [1.807, 2.05) is 48.5 Å². The average molecular weight is 453 g/mol. The van der Waals surface area contributed by atoms with Crippen LogP contribution in [0.15, 0.2) is 79.1 Å². The summed E-state index contributed by atoms with van der Waals surface area (Å²) in [6.07, 6.45) is 4.64. The van der Waals surface area contributed by atoms with E-state index in [9.17, 15) is 9.90 Å². The number of para-hydroxylation sites is 1. The molecule has 0 unspecified atom stereocenters. The number of aromatic amines is 1. The minimum absolute atomic E-state index is 0.204. The summed E-state index contributed by atoms with van der Waals surface area (Å²) in [7, 11) is 1.61. The van der Waals surface area contributed by atoms with Crippen LogP contribution in [0.3, 0.4) is 0 Å². The second-order valence-corrected chi connectivity index (χ2v) is 8.02. The van der Waals surface area contributed by atoms with Gasteiger partial charge in [0.15, 0.2) is 0 Å². The van der Waals surface area contributed by atoms with E-state index < -0.39 is 5.97 Å². The number of nitrogens with one attached hydrogen (secondary N) is 1. The van der Waals surface area contributed by atoms with E-state index >= 15 is 0 Å². The summed E-state index contributed by atoms with van der Waals surface area (Å²) >= 11 is 0. The first-order chi connectivity index (χ1) is 16.7. The van der Waals surface area contributed by atoms with Crippen molar-refractivity contribution >= 4 is 27.6 Å². The minimum atomic E-state index is -0.981. The molecule has 5 aromatic rings. The molecule has 0 aliphatic rings. The van der Waals surface area contributed by atoms with Crippen molar-refractivity contribution < 1.29 is 19.4 Å². The minimum Gasteiger partial charge on any atom is -0.496 e. The molecule has 0 fully saturated rings. The Morgan fingerprint density at radius 1 is 0.941 bits per heavy atom. The van der Waals surface area contributed by atoms with E-state index in [0.717, 1.165) is 44.1 Å². The lowest BCUT2D eigenvalue weighted by Gasteiger charge is -2.10. The number of hydrogen-bond donors (Lipinski definition) is 2. The zero-order chi connectivity index (χ0) is 23.5. The Bertz CT molecular complexity index is 1480. The second kappa shape index (κ2) is 9.27. The molecule has 2 aromatic heterocycles. The second-order valence-electron chi connectivity index (χ2n) is 8.02. The van der Waals surface area contributed by atoms with Crippen LogP contribution in [-0.2, 0) is 6.42 Å². The van der Waals surface area contributed by atoms with Gasteiger partial charge in [0.2, 0.25) is 0 Å². The zero-order valence-corrected chi connectivity index (χ0v) is 18.7. The van der Waals surface area contributed by atoms with Gasteiger partial charge in [-0.25, -0.2) is 4.79 Å². The summed E-state index contributed by atoms with van der Waals surface area (Å²) in [5.74, 6) is 0.533. The predicted octanol–water partition coefficient (Wildman–Crippen LogP) is 6.10. The Hall–Kier alpha value is -4.32. The van der Waals surface area contributed by atoms with Gasteiger partial charge in [-0.15, -0.1) is 0 Å². The Labute approximate surface area is 196 Å². The molecule has 2 heterocycles. The van der Waals surface area contributed by atoms with E-state index in [4.69, 9.17) is 9.47 Å². The highest BCUT2D eigenvalue weighted by Crippen LogP contribution is 2.36. The molecule has 0 atom stereocenters. The fourth-order valence-electron chi connectivity index (χ4n) is 4.45. The molecule has 0 spiro atoms. The predicted molar refractivity (Wildman–Crippen MR) is 133 cm³/mol. The van der Waals surface area contributed by atoms with Crippen molar-refractivity contribution in [2.24, 2.45) is 0 Å². The number of methoxy groups -OCH3 is 1. The molecular formula is C28H24N2O4. The van der Waals surface area contributed by atoms with Crippen molar-refractivity contribution in [1.29, 1.82) is 0 Å². The summed E-state index contributed by atoms with van der Waals surface area (Å²) in [6.45, 7) is 0.482. The van der Waals surface area contributed by atoms with Crippen LogP contribution in [0, 0.1) is 0 Å². The topological polar surface area (TPSA) is 84.4 Å². The van der Waals surface area contributed by atoms with Crippen LogP contribution in [0.5, 0.6) is 11.5 Å². The van der Waals surface area contributed by atoms with Crippen molar-refractivity contribution in [3.05, 3.63) is 90.4 Å². The van der Waals surface area contributed by atoms with Gasteiger partial charge in [-0.3, -0.25) is 4.98 Å². The van der Waals surface area contributed by atoms with Gasteiger partial charge in [-0.1, -0.05) is 54.6 Å². The Balaban J connectivity index is 1.43. The number of fused-ring (bicyclic) bond motifs is 2. The van der Waals surface area contributed by atoms with E-state index in [1.165, 1.54) is 0 Å². The number of benzene rings is 3. The van der Waals surface area contributed by atoms with E-state index in [2.05, 4.69) is 22.1 Å². The number of carboxylic acids is 1. The third-order valence-corrected chi connectivity index (χ3v) is 6.02. The fraction of sp³-hybridized carbons (Fsp3) is 0.143. The molecule has 0 aliphatic carbocycles. The number of pyridine rings is 1. The van der Waals surface area contributed by atoms with E-state index in [-0.39, 0.29) is 5.69 Å².